The Balaban J connectivity index is 1.72. The fourth-order valence-corrected chi connectivity index (χ4v) is 3.64. The summed E-state index contributed by atoms with van der Waals surface area (Å²) in [5.74, 6) is 0.223. The molecule has 2 aromatic carbocycles. The standard InChI is InChI=1S/C18H18BrFN2O2S/c1-24-16-11-12(10-13(19)17(16)23)18(25)22-8-6-21(7-9-22)15-5-3-2-4-14(15)20/h2-5,10-11,23H,6-9H2,1H3. The molecule has 1 aliphatic rings. The van der Waals surface area contributed by atoms with Crippen LogP contribution in [0, 0.1) is 5.82 Å². The number of rotatable bonds is 3. The largest absolute Gasteiger partial charge is 0.503 e. The molecule has 2 aromatic rings. The van der Waals surface area contributed by atoms with E-state index in [0.29, 0.717) is 47.1 Å². The van der Waals surface area contributed by atoms with Crippen molar-refractivity contribution < 1.29 is 14.2 Å². The van der Waals surface area contributed by atoms with Crippen LogP contribution in [0.5, 0.6) is 11.5 Å². The van der Waals surface area contributed by atoms with Gasteiger partial charge in [0.2, 0.25) is 0 Å². The highest BCUT2D eigenvalue weighted by Gasteiger charge is 2.22. The minimum atomic E-state index is -0.203. The van der Waals surface area contributed by atoms with Gasteiger partial charge in [0.25, 0.3) is 0 Å². The van der Waals surface area contributed by atoms with Crippen molar-refractivity contribution in [3.8, 4) is 11.5 Å². The van der Waals surface area contributed by atoms with Gasteiger partial charge in [-0.15, -0.1) is 0 Å². The van der Waals surface area contributed by atoms with E-state index in [-0.39, 0.29) is 11.6 Å². The average Bonchev–Trinajstić information content (AvgIpc) is 2.64. The summed E-state index contributed by atoms with van der Waals surface area (Å²) in [7, 11) is 1.50. The second-order valence-electron chi connectivity index (χ2n) is 5.74. The van der Waals surface area contributed by atoms with E-state index in [2.05, 4.69) is 20.8 Å². The zero-order valence-corrected chi connectivity index (χ0v) is 16.1. The third-order valence-electron chi connectivity index (χ3n) is 4.26. The highest BCUT2D eigenvalue weighted by atomic mass is 79.9. The van der Waals surface area contributed by atoms with Crippen molar-refractivity contribution >= 4 is 38.8 Å². The van der Waals surface area contributed by atoms with Crippen molar-refractivity contribution in [1.29, 1.82) is 0 Å². The van der Waals surface area contributed by atoms with Crippen molar-refractivity contribution in [2.24, 2.45) is 0 Å². The highest BCUT2D eigenvalue weighted by molar-refractivity contribution is 9.10. The van der Waals surface area contributed by atoms with E-state index < -0.39 is 0 Å². The third kappa shape index (κ3) is 3.72. The summed E-state index contributed by atoms with van der Waals surface area (Å²) in [5.41, 5.74) is 1.43. The van der Waals surface area contributed by atoms with Crippen LogP contribution in [0.3, 0.4) is 0 Å². The molecule has 132 valence electrons. The number of nitrogens with zero attached hydrogens (tertiary/aromatic N) is 2. The lowest BCUT2D eigenvalue weighted by atomic mass is 10.1. The van der Waals surface area contributed by atoms with Crippen molar-refractivity contribution in [2.45, 2.75) is 0 Å². The molecule has 0 unspecified atom stereocenters. The lowest BCUT2D eigenvalue weighted by Gasteiger charge is -2.37. The minimum absolute atomic E-state index is 0.0541. The molecule has 0 aliphatic carbocycles. The molecule has 25 heavy (non-hydrogen) atoms. The van der Waals surface area contributed by atoms with Gasteiger partial charge in [-0.2, -0.15) is 0 Å². The maximum Gasteiger partial charge on any atom is 0.172 e. The molecule has 0 bridgehead atoms. The number of aromatic hydroxyl groups is 1. The number of hydrogen-bond acceptors (Lipinski definition) is 4. The van der Waals surface area contributed by atoms with Gasteiger partial charge in [0.05, 0.1) is 17.3 Å². The van der Waals surface area contributed by atoms with Crippen LogP contribution in [0.15, 0.2) is 40.9 Å². The van der Waals surface area contributed by atoms with E-state index in [9.17, 15) is 9.50 Å². The van der Waals surface area contributed by atoms with E-state index in [1.54, 1.807) is 24.3 Å². The molecular formula is C18H18BrFN2O2S. The molecule has 3 rings (SSSR count). The monoisotopic (exact) mass is 424 g/mol. The normalized spacial score (nSPS) is 14.5. The van der Waals surface area contributed by atoms with Crippen molar-refractivity contribution in [1.82, 2.24) is 4.90 Å². The van der Waals surface area contributed by atoms with Crippen LogP contribution in [0.1, 0.15) is 5.56 Å². The predicted octanol–water partition coefficient (Wildman–Crippen LogP) is 3.80. The van der Waals surface area contributed by atoms with Crippen LogP contribution in [0.25, 0.3) is 0 Å². The first-order chi connectivity index (χ1) is 12.0. The summed E-state index contributed by atoms with van der Waals surface area (Å²) < 4.78 is 19.7. The Morgan fingerprint density at radius 2 is 1.88 bits per heavy atom. The van der Waals surface area contributed by atoms with Crippen LogP contribution < -0.4 is 9.64 Å². The van der Waals surface area contributed by atoms with Gasteiger partial charge in [0, 0.05) is 31.7 Å². The van der Waals surface area contributed by atoms with Crippen molar-refractivity contribution in [2.75, 3.05) is 38.2 Å². The first-order valence-corrected chi connectivity index (χ1v) is 9.06. The molecule has 0 amide bonds. The molecule has 0 atom stereocenters. The van der Waals surface area contributed by atoms with E-state index in [4.69, 9.17) is 17.0 Å². The number of phenolic OH excluding ortho intramolecular Hbond substituents is 1. The fraction of sp³-hybridized carbons (Fsp3) is 0.278. The van der Waals surface area contributed by atoms with E-state index >= 15 is 0 Å². The Morgan fingerprint density at radius 1 is 1.20 bits per heavy atom. The van der Waals surface area contributed by atoms with Crippen LogP contribution in [0.4, 0.5) is 10.1 Å². The number of hydrogen-bond donors (Lipinski definition) is 1. The van der Waals surface area contributed by atoms with Crippen LogP contribution in [-0.2, 0) is 0 Å². The van der Waals surface area contributed by atoms with E-state index in [1.165, 1.54) is 13.2 Å². The molecule has 0 spiro atoms. The number of methoxy groups -OCH3 is 1. The molecule has 0 radical (unpaired) electrons. The van der Waals surface area contributed by atoms with Crippen LogP contribution in [-0.4, -0.2) is 48.3 Å². The molecule has 0 aromatic heterocycles. The van der Waals surface area contributed by atoms with Gasteiger partial charge in [0.1, 0.15) is 10.8 Å². The molecule has 1 fully saturated rings. The summed E-state index contributed by atoms with van der Waals surface area (Å²) >= 11 is 8.93. The molecule has 0 saturated carbocycles. The molecule has 1 heterocycles. The second-order valence-corrected chi connectivity index (χ2v) is 6.98. The Morgan fingerprint density at radius 3 is 2.52 bits per heavy atom. The number of ether oxygens (including phenoxy) is 1. The summed E-state index contributed by atoms with van der Waals surface area (Å²) in [6.07, 6.45) is 0. The molecule has 1 aliphatic heterocycles. The van der Waals surface area contributed by atoms with Crippen molar-refractivity contribution in [3.63, 3.8) is 0 Å². The van der Waals surface area contributed by atoms with Crippen LogP contribution in [0.2, 0.25) is 0 Å². The fourth-order valence-electron chi connectivity index (χ4n) is 2.89. The minimum Gasteiger partial charge on any atom is -0.503 e. The Bertz CT molecular complexity index is 795. The molecule has 1 N–H and O–H groups in total. The quantitative estimate of drug-likeness (QED) is 0.758. The number of halogens is 2. The SMILES string of the molecule is COc1cc(C(=S)N2CCN(c3ccccc3F)CC2)cc(Br)c1O. The van der Waals surface area contributed by atoms with E-state index in [0.717, 1.165) is 5.56 Å². The zero-order valence-electron chi connectivity index (χ0n) is 13.7. The Labute approximate surface area is 159 Å². The lowest BCUT2D eigenvalue weighted by molar-refractivity contribution is 0.371. The first kappa shape index (κ1) is 17.9. The zero-order chi connectivity index (χ0) is 18.0. The third-order valence-corrected chi connectivity index (χ3v) is 5.35. The Hall–Kier alpha value is -1.86. The Kier molecular flexibility index (Phi) is 5.44. The topological polar surface area (TPSA) is 35.9 Å². The summed E-state index contributed by atoms with van der Waals surface area (Å²) in [6, 6.07) is 10.3. The second kappa shape index (κ2) is 7.58. The molecule has 1 saturated heterocycles. The van der Waals surface area contributed by atoms with Gasteiger partial charge in [0.15, 0.2) is 11.5 Å². The maximum atomic E-state index is 13.9. The van der Waals surface area contributed by atoms with Crippen LogP contribution >= 0.6 is 28.1 Å². The van der Waals surface area contributed by atoms with Gasteiger partial charge in [-0.05, 0) is 40.2 Å². The molecular weight excluding hydrogens is 407 g/mol. The number of phenols is 1. The highest BCUT2D eigenvalue weighted by Crippen LogP contribution is 2.35. The first-order valence-electron chi connectivity index (χ1n) is 7.86. The summed E-state index contributed by atoms with van der Waals surface area (Å²) in [4.78, 5) is 4.80. The summed E-state index contributed by atoms with van der Waals surface area (Å²) in [5, 5.41) is 9.93. The number of para-hydroxylation sites is 1. The van der Waals surface area contributed by atoms with E-state index in [1.807, 2.05) is 11.0 Å². The van der Waals surface area contributed by atoms with Gasteiger partial charge in [-0.3, -0.25) is 0 Å². The van der Waals surface area contributed by atoms with Crippen molar-refractivity contribution in [3.05, 3.63) is 52.3 Å². The van der Waals surface area contributed by atoms with Gasteiger partial charge >= 0.3 is 0 Å². The average molecular weight is 425 g/mol. The number of thiocarbonyl (C=S) groups is 1. The molecule has 7 heteroatoms. The number of anilines is 1. The van der Waals surface area contributed by atoms with Gasteiger partial charge in [-0.1, -0.05) is 24.4 Å². The van der Waals surface area contributed by atoms with Gasteiger partial charge < -0.3 is 19.6 Å². The smallest absolute Gasteiger partial charge is 0.172 e. The lowest BCUT2D eigenvalue weighted by Crippen LogP contribution is -2.48. The predicted molar refractivity (Wildman–Crippen MR) is 104 cm³/mol. The number of benzene rings is 2. The maximum absolute atomic E-state index is 13.9. The van der Waals surface area contributed by atoms with Gasteiger partial charge in [-0.25, -0.2) is 4.39 Å². The summed E-state index contributed by atoms with van der Waals surface area (Å²) in [6.45, 7) is 2.79. The number of piperazine rings is 1. The molecule has 4 nitrogen and oxygen atoms in total.